The van der Waals surface area contributed by atoms with E-state index in [2.05, 4.69) is 25.6 Å². The number of aromatic nitrogens is 2. The van der Waals surface area contributed by atoms with Crippen molar-refractivity contribution < 1.29 is 8.42 Å². The Morgan fingerprint density at radius 3 is 2.67 bits per heavy atom. The molecule has 126 valence electrons. The normalized spacial score (nSPS) is 11.7. The lowest BCUT2D eigenvalue weighted by Gasteiger charge is -2.09. The molecule has 2 aromatic heterocycles. The van der Waals surface area contributed by atoms with Crippen LogP contribution in [0.15, 0.2) is 62.9 Å². The summed E-state index contributed by atoms with van der Waals surface area (Å²) in [6.45, 7) is 1.07. The van der Waals surface area contributed by atoms with E-state index in [9.17, 15) is 8.42 Å². The van der Waals surface area contributed by atoms with E-state index in [1.54, 1.807) is 18.3 Å². The zero-order valence-corrected chi connectivity index (χ0v) is 15.9. The Labute approximate surface area is 153 Å². The molecular formula is C16H16BrN3O2S2. The first kappa shape index (κ1) is 17.3. The first-order valence-corrected chi connectivity index (χ1v) is 10.5. The molecule has 1 aromatic carbocycles. The van der Waals surface area contributed by atoms with Gasteiger partial charge in [-0.3, -0.25) is 0 Å². The summed E-state index contributed by atoms with van der Waals surface area (Å²) in [6.07, 6.45) is 4.35. The van der Waals surface area contributed by atoms with Crippen LogP contribution in [0.3, 0.4) is 0 Å². The Morgan fingerprint density at radius 1 is 1.17 bits per heavy atom. The standard InChI is InChI=1S/C16H16BrN3O2S2/c17-14-7-8-15(23-14)24(21,22)19-9-4-11-20-12-10-18-16(20)13-5-2-1-3-6-13/h1-3,5-8,10,12,19H,4,9,11H2. The quantitative estimate of drug-likeness (QED) is 0.586. The maximum absolute atomic E-state index is 12.2. The number of benzene rings is 1. The average Bonchev–Trinajstić information content (AvgIpc) is 3.22. The maximum atomic E-state index is 12.2. The van der Waals surface area contributed by atoms with Gasteiger partial charge in [-0.05, 0) is 34.5 Å². The fourth-order valence-corrected chi connectivity index (χ4v) is 5.43. The lowest BCUT2D eigenvalue weighted by atomic mass is 10.2. The average molecular weight is 426 g/mol. The third-order valence-electron chi connectivity index (χ3n) is 3.43. The molecule has 0 amide bonds. The van der Waals surface area contributed by atoms with Crippen molar-refractivity contribution in [2.45, 2.75) is 17.2 Å². The van der Waals surface area contributed by atoms with Gasteiger partial charge in [0.2, 0.25) is 10.0 Å². The van der Waals surface area contributed by atoms with E-state index < -0.39 is 10.0 Å². The lowest BCUT2D eigenvalue weighted by molar-refractivity contribution is 0.572. The zero-order valence-electron chi connectivity index (χ0n) is 12.7. The first-order valence-electron chi connectivity index (χ1n) is 7.38. The summed E-state index contributed by atoms with van der Waals surface area (Å²) in [5.41, 5.74) is 1.05. The topological polar surface area (TPSA) is 64.0 Å². The van der Waals surface area contributed by atoms with Crippen LogP contribution in [-0.2, 0) is 16.6 Å². The van der Waals surface area contributed by atoms with Gasteiger partial charge in [-0.1, -0.05) is 30.3 Å². The highest BCUT2D eigenvalue weighted by molar-refractivity contribution is 9.11. The number of halogens is 1. The Kier molecular flexibility index (Phi) is 5.50. The van der Waals surface area contributed by atoms with E-state index >= 15 is 0 Å². The zero-order chi connectivity index (χ0) is 17.0. The monoisotopic (exact) mass is 425 g/mol. The van der Waals surface area contributed by atoms with Crippen molar-refractivity contribution in [2.24, 2.45) is 0 Å². The summed E-state index contributed by atoms with van der Waals surface area (Å²) < 4.78 is 30.1. The van der Waals surface area contributed by atoms with E-state index in [4.69, 9.17) is 0 Å². The minimum atomic E-state index is -3.43. The minimum Gasteiger partial charge on any atom is -0.331 e. The molecule has 3 aromatic rings. The molecule has 0 saturated carbocycles. The molecule has 0 bridgehead atoms. The van der Waals surface area contributed by atoms with Gasteiger partial charge in [0.15, 0.2) is 0 Å². The second-order valence-electron chi connectivity index (χ2n) is 5.12. The summed E-state index contributed by atoms with van der Waals surface area (Å²) in [6, 6.07) is 13.3. The second kappa shape index (κ2) is 7.60. The summed E-state index contributed by atoms with van der Waals surface area (Å²) >= 11 is 4.48. The van der Waals surface area contributed by atoms with E-state index in [0.717, 1.165) is 15.2 Å². The number of nitrogens with one attached hydrogen (secondary N) is 1. The second-order valence-corrected chi connectivity index (χ2v) is 9.58. The Morgan fingerprint density at radius 2 is 1.96 bits per heavy atom. The smallest absolute Gasteiger partial charge is 0.250 e. The number of sulfonamides is 1. The molecule has 1 N–H and O–H groups in total. The predicted molar refractivity (Wildman–Crippen MR) is 99.5 cm³/mol. The largest absolute Gasteiger partial charge is 0.331 e. The summed E-state index contributed by atoms with van der Waals surface area (Å²) in [7, 11) is -3.43. The number of rotatable bonds is 7. The molecule has 24 heavy (non-hydrogen) atoms. The first-order chi connectivity index (χ1) is 11.6. The van der Waals surface area contributed by atoms with Crippen LogP contribution in [0.5, 0.6) is 0 Å². The lowest BCUT2D eigenvalue weighted by Crippen LogP contribution is -2.24. The van der Waals surface area contributed by atoms with Crippen LogP contribution >= 0.6 is 27.3 Å². The molecule has 0 radical (unpaired) electrons. The third kappa shape index (κ3) is 4.13. The van der Waals surface area contributed by atoms with E-state index in [1.165, 1.54) is 11.3 Å². The fraction of sp³-hybridized carbons (Fsp3) is 0.188. The molecule has 5 nitrogen and oxygen atoms in total. The molecular weight excluding hydrogens is 410 g/mol. The van der Waals surface area contributed by atoms with Crippen LogP contribution in [0.25, 0.3) is 11.4 Å². The summed E-state index contributed by atoms with van der Waals surface area (Å²) in [5, 5.41) is 0. The number of hydrogen-bond donors (Lipinski definition) is 1. The van der Waals surface area contributed by atoms with Crippen LogP contribution in [0.2, 0.25) is 0 Å². The van der Waals surface area contributed by atoms with Crippen molar-refractivity contribution in [1.82, 2.24) is 14.3 Å². The van der Waals surface area contributed by atoms with E-state index in [0.29, 0.717) is 23.7 Å². The molecule has 0 aliphatic heterocycles. The minimum absolute atomic E-state index is 0.321. The van der Waals surface area contributed by atoms with Gasteiger partial charge in [0, 0.05) is 31.0 Å². The maximum Gasteiger partial charge on any atom is 0.250 e. The number of thiophene rings is 1. The van der Waals surface area contributed by atoms with Crippen molar-refractivity contribution in [1.29, 1.82) is 0 Å². The van der Waals surface area contributed by atoms with Crippen molar-refractivity contribution in [3.63, 3.8) is 0 Å². The van der Waals surface area contributed by atoms with Gasteiger partial charge < -0.3 is 4.57 Å². The Balaban J connectivity index is 1.57. The summed E-state index contributed by atoms with van der Waals surface area (Å²) in [4.78, 5) is 4.39. The van der Waals surface area contributed by atoms with Gasteiger partial charge >= 0.3 is 0 Å². The van der Waals surface area contributed by atoms with Gasteiger partial charge in [-0.15, -0.1) is 11.3 Å². The van der Waals surface area contributed by atoms with Gasteiger partial charge in [0.1, 0.15) is 10.0 Å². The third-order valence-corrected chi connectivity index (χ3v) is 7.01. The molecule has 0 aliphatic carbocycles. The van der Waals surface area contributed by atoms with Crippen LogP contribution < -0.4 is 4.72 Å². The highest BCUT2D eigenvalue weighted by Gasteiger charge is 2.15. The number of hydrogen-bond acceptors (Lipinski definition) is 4. The molecule has 0 spiro atoms. The van der Waals surface area contributed by atoms with Crippen molar-refractivity contribution in [2.75, 3.05) is 6.54 Å². The van der Waals surface area contributed by atoms with Crippen LogP contribution in [0.4, 0.5) is 0 Å². The predicted octanol–water partition coefficient (Wildman–Crippen LogP) is 3.74. The van der Waals surface area contributed by atoms with Gasteiger partial charge in [-0.2, -0.15) is 0 Å². The van der Waals surface area contributed by atoms with Crippen molar-refractivity contribution in [3.8, 4) is 11.4 Å². The van der Waals surface area contributed by atoms with E-state index in [1.807, 2.05) is 41.1 Å². The van der Waals surface area contributed by atoms with Crippen LogP contribution in [0.1, 0.15) is 6.42 Å². The van der Waals surface area contributed by atoms with Gasteiger partial charge in [-0.25, -0.2) is 18.1 Å². The Hall–Kier alpha value is -1.48. The van der Waals surface area contributed by atoms with E-state index in [-0.39, 0.29) is 0 Å². The molecule has 8 heteroatoms. The highest BCUT2D eigenvalue weighted by Crippen LogP contribution is 2.25. The molecule has 2 heterocycles. The molecule has 0 atom stereocenters. The summed E-state index contributed by atoms with van der Waals surface area (Å²) in [5.74, 6) is 0.889. The SMILES string of the molecule is O=S(=O)(NCCCn1ccnc1-c1ccccc1)c1ccc(Br)s1. The Bertz CT molecular complexity index is 904. The number of imidazole rings is 1. The molecule has 0 fully saturated rings. The van der Waals surface area contributed by atoms with Crippen LogP contribution in [-0.4, -0.2) is 24.5 Å². The van der Waals surface area contributed by atoms with Gasteiger partial charge in [0.25, 0.3) is 0 Å². The fourth-order valence-electron chi connectivity index (χ4n) is 2.31. The molecule has 0 saturated heterocycles. The number of nitrogens with zero attached hydrogens (tertiary/aromatic N) is 2. The number of aryl methyl sites for hydroxylation is 1. The van der Waals surface area contributed by atoms with Crippen molar-refractivity contribution in [3.05, 3.63) is 58.6 Å². The highest BCUT2D eigenvalue weighted by atomic mass is 79.9. The molecule has 0 aliphatic rings. The molecule has 0 unspecified atom stereocenters. The van der Waals surface area contributed by atoms with Gasteiger partial charge in [0.05, 0.1) is 3.79 Å². The van der Waals surface area contributed by atoms with Crippen molar-refractivity contribution >= 4 is 37.3 Å². The van der Waals surface area contributed by atoms with Crippen LogP contribution in [0, 0.1) is 0 Å². The molecule has 3 rings (SSSR count).